The van der Waals surface area contributed by atoms with Gasteiger partial charge in [-0.05, 0) is 36.1 Å². The van der Waals surface area contributed by atoms with Gasteiger partial charge in [-0.15, -0.1) is 0 Å². The topological polar surface area (TPSA) is 85.8 Å². The molecular formula is C24H27F5N2O4. The number of alkyl halides is 5. The number of rotatable bonds is 4. The third kappa shape index (κ3) is 5.23. The largest absolute Gasteiger partial charge is 0.456 e. The molecule has 11 heteroatoms. The Balaban J connectivity index is 1.65. The predicted molar refractivity (Wildman–Crippen MR) is 116 cm³/mol. The van der Waals surface area contributed by atoms with Crippen LogP contribution in [-0.2, 0) is 15.7 Å². The molecular weight excluding hydrogens is 475 g/mol. The molecule has 35 heavy (non-hydrogen) atoms. The van der Waals surface area contributed by atoms with E-state index < -0.39 is 65.5 Å². The number of carbonyl (C=O) groups excluding carboxylic acids is 2. The van der Waals surface area contributed by atoms with E-state index in [0.717, 1.165) is 6.07 Å². The number of carbonyl (C=O) groups is 2. The summed E-state index contributed by atoms with van der Waals surface area (Å²) in [6.07, 6.45) is -7.34. The third-order valence-corrected chi connectivity index (χ3v) is 6.58. The first-order valence-electron chi connectivity index (χ1n) is 11.3. The molecule has 3 unspecified atom stereocenters. The molecule has 2 N–H and O–H groups in total. The number of nitrogens with zero attached hydrogens (tertiary/aromatic N) is 1. The number of nitrogens with two attached hydrogens (primary N) is 1. The van der Waals surface area contributed by atoms with Gasteiger partial charge in [0.25, 0.3) is 5.92 Å². The van der Waals surface area contributed by atoms with Crippen molar-refractivity contribution in [3.63, 3.8) is 0 Å². The zero-order valence-electron chi connectivity index (χ0n) is 19.5. The molecule has 1 aromatic carbocycles. The van der Waals surface area contributed by atoms with Gasteiger partial charge in [0.1, 0.15) is 11.3 Å². The summed E-state index contributed by atoms with van der Waals surface area (Å²) in [5, 5.41) is 0.155. The molecule has 0 radical (unpaired) electrons. The van der Waals surface area contributed by atoms with E-state index in [9.17, 15) is 31.5 Å². The van der Waals surface area contributed by atoms with Gasteiger partial charge >= 0.3 is 12.3 Å². The van der Waals surface area contributed by atoms with Crippen molar-refractivity contribution in [2.45, 2.75) is 64.2 Å². The Bertz CT molecular complexity index is 1140. The highest BCUT2D eigenvalue weighted by atomic mass is 19.4. The molecule has 2 aromatic rings. The van der Waals surface area contributed by atoms with Crippen molar-refractivity contribution in [2.24, 2.45) is 17.1 Å². The number of amides is 2. The van der Waals surface area contributed by atoms with Gasteiger partial charge in [0, 0.05) is 42.7 Å². The molecule has 2 heterocycles. The normalized spacial score (nSPS) is 23.3. The SMILES string of the molecule is CC(C)(C)C(OC(N)=O)c1cc2cc(C3CC3C(=O)N3CCC(F)(F)CC3)cc(C(F)(F)F)c2o1. The van der Waals surface area contributed by atoms with Crippen LogP contribution < -0.4 is 5.73 Å². The summed E-state index contributed by atoms with van der Waals surface area (Å²) in [5.41, 5.74) is 3.35. The number of likely N-dealkylation sites (tertiary alicyclic amines) is 1. The van der Waals surface area contributed by atoms with Crippen molar-refractivity contribution in [2.75, 3.05) is 13.1 Å². The Hall–Kier alpha value is -2.85. The Morgan fingerprint density at radius 2 is 1.77 bits per heavy atom. The predicted octanol–water partition coefficient (Wildman–Crippen LogP) is 6.00. The van der Waals surface area contributed by atoms with Crippen LogP contribution in [0, 0.1) is 11.3 Å². The average molecular weight is 502 g/mol. The summed E-state index contributed by atoms with van der Waals surface area (Å²) in [6.45, 7) is 5.03. The number of ether oxygens (including phenoxy) is 1. The molecule has 4 rings (SSSR count). The van der Waals surface area contributed by atoms with Crippen molar-refractivity contribution >= 4 is 23.0 Å². The van der Waals surface area contributed by atoms with Gasteiger partial charge in [-0.2, -0.15) is 13.2 Å². The van der Waals surface area contributed by atoms with Gasteiger partial charge in [-0.3, -0.25) is 4.79 Å². The van der Waals surface area contributed by atoms with Gasteiger partial charge in [0.2, 0.25) is 5.91 Å². The standard InChI is InChI=1S/C24H27F5N2O4/c1-22(2,3)19(35-21(30)33)17-10-13-8-12(9-16(18(13)34-17)24(27,28)29)14-11-15(14)20(32)31-6-4-23(25,26)5-7-31/h8-10,14-15,19H,4-7,11H2,1-3H3,(H2,30,33). The first-order chi connectivity index (χ1) is 16.1. The fourth-order valence-electron chi connectivity index (χ4n) is 4.65. The fourth-order valence-corrected chi connectivity index (χ4v) is 4.65. The second kappa shape index (κ2) is 8.37. The number of hydrogen-bond acceptors (Lipinski definition) is 4. The molecule has 2 aliphatic rings. The summed E-state index contributed by atoms with van der Waals surface area (Å²) in [5.74, 6) is -4.09. The number of primary amides is 1. The van der Waals surface area contributed by atoms with Crippen molar-refractivity contribution < 1.29 is 40.7 Å². The Morgan fingerprint density at radius 3 is 2.31 bits per heavy atom. The molecule has 1 saturated carbocycles. The zero-order chi connectivity index (χ0) is 25.9. The van der Waals surface area contributed by atoms with Crippen LogP contribution in [0.5, 0.6) is 0 Å². The molecule has 2 amide bonds. The minimum Gasteiger partial charge on any atom is -0.456 e. The lowest BCUT2D eigenvalue weighted by Gasteiger charge is -2.32. The summed E-state index contributed by atoms with van der Waals surface area (Å²) in [4.78, 5) is 25.5. The van der Waals surface area contributed by atoms with Crippen LogP contribution in [0.4, 0.5) is 26.7 Å². The smallest absolute Gasteiger partial charge is 0.420 e. The zero-order valence-corrected chi connectivity index (χ0v) is 19.5. The van der Waals surface area contributed by atoms with E-state index in [1.165, 1.54) is 17.0 Å². The van der Waals surface area contributed by atoms with Crippen LogP contribution >= 0.6 is 0 Å². The maximum atomic E-state index is 13.9. The molecule has 0 spiro atoms. The third-order valence-electron chi connectivity index (χ3n) is 6.58. The molecule has 2 fully saturated rings. The van der Waals surface area contributed by atoms with Crippen molar-refractivity contribution in [3.05, 3.63) is 35.1 Å². The number of piperidine rings is 1. The van der Waals surface area contributed by atoms with Gasteiger partial charge in [0.05, 0.1) is 5.56 Å². The summed E-state index contributed by atoms with van der Waals surface area (Å²) < 4.78 is 79.4. The fraction of sp³-hybridized carbons (Fsp3) is 0.583. The molecule has 1 aromatic heterocycles. The lowest BCUT2D eigenvalue weighted by Crippen LogP contribution is -2.43. The highest BCUT2D eigenvalue weighted by molar-refractivity contribution is 5.86. The lowest BCUT2D eigenvalue weighted by atomic mass is 9.87. The Morgan fingerprint density at radius 1 is 1.14 bits per heavy atom. The second-order valence-corrected chi connectivity index (χ2v) is 10.4. The number of halogens is 5. The van der Waals surface area contributed by atoms with Crippen LogP contribution in [0.3, 0.4) is 0 Å². The van der Waals surface area contributed by atoms with E-state index in [0.29, 0.717) is 12.0 Å². The van der Waals surface area contributed by atoms with Crippen molar-refractivity contribution in [3.8, 4) is 0 Å². The molecule has 192 valence electrons. The van der Waals surface area contributed by atoms with Gasteiger partial charge in [-0.25, -0.2) is 13.6 Å². The van der Waals surface area contributed by atoms with Crippen molar-refractivity contribution in [1.29, 1.82) is 0 Å². The first kappa shape index (κ1) is 25.2. The highest BCUT2D eigenvalue weighted by Crippen LogP contribution is 2.51. The van der Waals surface area contributed by atoms with Gasteiger partial charge in [-0.1, -0.05) is 20.8 Å². The Labute approximate surface area is 198 Å². The molecule has 3 atom stereocenters. The average Bonchev–Trinajstić information content (AvgIpc) is 3.41. The van der Waals surface area contributed by atoms with E-state index in [1.54, 1.807) is 20.8 Å². The van der Waals surface area contributed by atoms with E-state index in [-0.39, 0.29) is 30.1 Å². The number of furan rings is 1. The van der Waals surface area contributed by atoms with Crippen LogP contribution in [0.15, 0.2) is 22.6 Å². The molecule has 6 nitrogen and oxygen atoms in total. The molecule has 0 bridgehead atoms. The number of fused-ring (bicyclic) bond motifs is 1. The van der Waals surface area contributed by atoms with Gasteiger partial charge < -0.3 is 19.8 Å². The highest BCUT2D eigenvalue weighted by Gasteiger charge is 2.48. The van der Waals surface area contributed by atoms with Crippen LogP contribution in [0.2, 0.25) is 0 Å². The van der Waals surface area contributed by atoms with E-state index >= 15 is 0 Å². The summed E-state index contributed by atoms with van der Waals surface area (Å²) >= 11 is 0. The second-order valence-electron chi connectivity index (χ2n) is 10.4. The monoisotopic (exact) mass is 502 g/mol. The maximum Gasteiger partial charge on any atom is 0.420 e. The minimum absolute atomic E-state index is 0.0200. The van der Waals surface area contributed by atoms with Crippen LogP contribution in [0.1, 0.15) is 68.9 Å². The molecule has 1 aliphatic heterocycles. The van der Waals surface area contributed by atoms with Crippen molar-refractivity contribution in [1.82, 2.24) is 4.90 Å². The molecule has 1 saturated heterocycles. The first-order valence-corrected chi connectivity index (χ1v) is 11.3. The van der Waals surface area contributed by atoms with E-state index in [2.05, 4.69) is 0 Å². The summed E-state index contributed by atoms with van der Waals surface area (Å²) in [7, 11) is 0. The molecule has 1 aliphatic carbocycles. The van der Waals surface area contributed by atoms with Gasteiger partial charge in [0.15, 0.2) is 6.10 Å². The van der Waals surface area contributed by atoms with E-state index in [4.69, 9.17) is 14.9 Å². The van der Waals surface area contributed by atoms with E-state index in [1.807, 2.05) is 0 Å². The number of hydrogen-bond donors (Lipinski definition) is 1. The van der Waals surface area contributed by atoms with Crippen LogP contribution in [0.25, 0.3) is 11.0 Å². The minimum atomic E-state index is -4.74. The summed E-state index contributed by atoms with van der Waals surface area (Å²) in [6, 6.07) is 3.89. The Kier molecular flexibility index (Phi) is 6.04. The van der Waals surface area contributed by atoms with Crippen LogP contribution in [-0.4, -0.2) is 35.9 Å². The maximum absolute atomic E-state index is 13.9. The lowest BCUT2D eigenvalue weighted by molar-refractivity contribution is -0.138. The number of benzene rings is 1. The quantitative estimate of drug-likeness (QED) is 0.520.